The zero-order valence-corrected chi connectivity index (χ0v) is 18.9. The first-order chi connectivity index (χ1) is 14.1. The third-order valence-corrected chi connectivity index (χ3v) is 4.39. The predicted octanol–water partition coefficient (Wildman–Crippen LogP) is 2.63. The highest BCUT2D eigenvalue weighted by Gasteiger charge is 2.18. The topological polar surface area (TPSA) is 79.4 Å². The van der Waals surface area contributed by atoms with Crippen LogP contribution >= 0.6 is 0 Å². The number of carbonyl (C=O) groups excluding carboxylic acids is 3. The summed E-state index contributed by atoms with van der Waals surface area (Å²) in [6.45, 7) is 13.6. The van der Waals surface area contributed by atoms with E-state index in [0.717, 1.165) is 13.0 Å². The smallest absolute Gasteiger partial charge is 0.270 e. The van der Waals surface area contributed by atoms with Gasteiger partial charge in [0.15, 0.2) is 6.73 Å². The van der Waals surface area contributed by atoms with Gasteiger partial charge >= 0.3 is 0 Å². The highest BCUT2D eigenvalue weighted by Crippen LogP contribution is 2.07. The maximum atomic E-state index is 11.1. The van der Waals surface area contributed by atoms with Gasteiger partial charge in [0.05, 0.1) is 18.9 Å². The summed E-state index contributed by atoms with van der Waals surface area (Å²) in [6.07, 6.45) is 10.7. The van der Waals surface area contributed by atoms with Crippen molar-refractivity contribution in [1.82, 2.24) is 14.9 Å². The Bertz CT molecular complexity index is 577. The predicted molar refractivity (Wildman–Crippen MR) is 115 cm³/mol. The van der Waals surface area contributed by atoms with E-state index in [-0.39, 0.29) is 29.8 Å². The highest BCUT2D eigenvalue weighted by molar-refractivity contribution is 5.88. The minimum atomic E-state index is -0.0683. The lowest BCUT2D eigenvalue weighted by Gasteiger charge is -2.27. The number of carbonyl (C=O) groups is 3. The molecule has 0 atom stereocenters. The van der Waals surface area contributed by atoms with Gasteiger partial charge in [0.1, 0.15) is 0 Å². The Morgan fingerprint density at radius 2 is 1.37 bits per heavy atom. The van der Waals surface area contributed by atoms with Gasteiger partial charge in [-0.15, -0.1) is 0 Å². The number of hydroxylamine groups is 2. The van der Waals surface area contributed by atoms with E-state index in [1.165, 1.54) is 23.5 Å². The van der Waals surface area contributed by atoms with Gasteiger partial charge in [0.2, 0.25) is 5.91 Å². The van der Waals surface area contributed by atoms with Gasteiger partial charge in [-0.1, -0.05) is 12.2 Å². The van der Waals surface area contributed by atoms with Crippen molar-refractivity contribution < 1.29 is 24.0 Å². The number of nitrogens with zero attached hydrogens (tertiary/aromatic N) is 3. The van der Waals surface area contributed by atoms with E-state index in [1.807, 2.05) is 52.5 Å². The Hall–Kier alpha value is -2.61. The largest absolute Gasteiger partial charge is 0.480 e. The molecule has 3 heterocycles. The molecule has 8 heteroatoms. The molecule has 0 radical (unpaired) electrons. The van der Waals surface area contributed by atoms with Crippen LogP contribution in [0, 0.1) is 0 Å². The Kier molecular flexibility index (Phi) is 10.9. The summed E-state index contributed by atoms with van der Waals surface area (Å²) < 4.78 is 4.94. The minimum absolute atomic E-state index is 0.0289. The Morgan fingerprint density at radius 3 is 1.77 bits per heavy atom. The molecule has 8 nitrogen and oxygen atoms in total. The third-order valence-electron chi connectivity index (χ3n) is 4.39. The second-order valence-electron chi connectivity index (χ2n) is 7.77. The number of hydrogen-bond donors (Lipinski definition) is 0. The van der Waals surface area contributed by atoms with Crippen LogP contribution in [-0.2, 0) is 24.0 Å². The molecule has 3 aliphatic rings. The van der Waals surface area contributed by atoms with Crippen LogP contribution in [0.3, 0.4) is 0 Å². The van der Waals surface area contributed by atoms with Gasteiger partial charge in [-0.2, -0.15) is 0 Å². The highest BCUT2D eigenvalue weighted by atomic mass is 16.7. The van der Waals surface area contributed by atoms with Crippen molar-refractivity contribution in [2.24, 2.45) is 0 Å². The molecule has 0 N–H and O–H groups in total. The summed E-state index contributed by atoms with van der Waals surface area (Å²) in [7, 11) is 0. The van der Waals surface area contributed by atoms with Gasteiger partial charge in [-0.25, -0.2) is 5.06 Å². The van der Waals surface area contributed by atoms with Crippen molar-refractivity contribution in [3.8, 4) is 0 Å². The lowest BCUT2D eigenvalue weighted by Crippen LogP contribution is -2.39. The van der Waals surface area contributed by atoms with Crippen LogP contribution in [-0.4, -0.2) is 70.6 Å². The molecule has 0 aromatic heterocycles. The summed E-state index contributed by atoms with van der Waals surface area (Å²) in [4.78, 5) is 41.6. The molecule has 0 aromatic rings. The van der Waals surface area contributed by atoms with E-state index in [9.17, 15) is 14.4 Å². The van der Waals surface area contributed by atoms with Gasteiger partial charge in [-0.3, -0.25) is 19.2 Å². The monoisotopic (exact) mass is 421 g/mol. The number of hydrogen-bond acceptors (Lipinski definition) is 5. The van der Waals surface area contributed by atoms with E-state index in [0.29, 0.717) is 19.4 Å². The van der Waals surface area contributed by atoms with Crippen LogP contribution < -0.4 is 0 Å². The van der Waals surface area contributed by atoms with E-state index in [4.69, 9.17) is 9.57 Å². The second-order valence-corrected chi connectivity index (χ2v) is 7.77. The van der Waals surface area contributed by atoms with Gasteiger partial charge in [-0.05, 0) is 54.0 Å². The Labute approximate surface area is 179 Å². The first-order valence-electron chi connectivity index (χ1n) is 10.3. The summed E-state index contributed by atoms with van der Waals surface area (Å²) in [5, 5.41) is 1.38. The lowest BCUT2D eigenvalue weighted by molar-refractivity contribution is -0.189. The van der Waals surface area contributed by atoms with Gasteiger partial charge in [0, 0.05) is 30.8 Å². The van der Waals surface area contributed by atoms with Crippen LogP contribution in [0.25, 0.3) is 0 Å². The molecule has 3 amide bonds. The SMILES string of the molecule is CC(C)N1CCC=CC1=O.CC(C)N1COC=CC1=O.CC(C)N1OCC=CC1=O. The molecule has 3 rings (SSSR count). The molecule has 0 aliphatic carbocycles. The van der Waals surface area contributed by atoms with E-state index in [2.05, 4.69) is 0 Å². The normalized spacial score (nSPS) is 18.4. The van der Waals surface area contributed by atoms with E-state index >= 15 is 0 Å². The standard InChI is InChI=1S/C8H13NO.2C7H11NO2/c1-7(2)9-6-4-3-5-8(9)10;1-6(2)8-5-10-4-3-7(8)9;1-6(2)8-7(9)4-3-5-10-8/h3,5,7H,4,6H2,1-2H3;2*3-4,6H,5H2,1-2H3. The van der Waals surface area contributed by atoms with Gasteiger partial charge in [0.25, 0.3) is 11.8 Å². The van der Waals surface area contributed by atoms with Crippen LogP contribution in [0.1, 0.15) is 48.0 Å². The van der Waals surface area contributed by atoms with Crippen molar-refractivity contribution in [2.45, 2.75) is 66.1 Å². The van der Waals surface area contributed by atoms with Crippen LogP contribution in [0.15, 0.2) is 36.6 Å². The first kappa shape index (κ1) is 25.4. The molecule has 0 spiro atoms. The number of rotatable bonds is 3. The number of ether oxygens (including phenoxy) is 1. The molecule has 0 bridgehead atoms. The van der Waals surface area contributed by atoms with E-state index < -0.39 is 0 Å². The van der Waals surface area contributed by atoms with Crippen molar-refractivity contribution >= 4 is 17.7 Å². The van der Waals surface area contributed by atoms with Crippen molar-refractivity contribution in [2.75, 3.05) is 19.9 Å². The number of amides is 3. The molecular weight excluding hydrogens is 386 g/mol. The quantitative estimate of drug-likeness (QED) is 0.700. The zero-order chi connectivity index (χ0) is 22.7. The average molecular weight is 422 g/mol. The van der Waals surface area contributed by atoms with Crippen molar-refractivity contribution in [3.05, 3.63) is 36.6 Å². The fourth-order valence-electron chi connectivity index (χ4n) is 2.72. The zero-order valence-electron chi connectivity index (χ0n) is 18.9. The molecule has 0 saturated heterocycles. The molecule has 0 unspecified atom stereocenters. The summed E-state index contributed by atoms with van der Waals surface area (Å²) in [5.41, 5.74) is 0. The summed E-state index contributed by atoms with van der Waals surface area (Å²) >= 11 is 0. The molecule has 3 aliphatic heterocycles. The summed E-state index contributed by atoms with van der Waals surface area (Å²) in [5.74, 6) is 0.115. The molecular formula is C22H35N3O5. The molecule has 30 heavy (non-hydrogen) atoms. The Morgan fingerprint density at radius 1 is 0.767 bits per heavy atom. The molecule has 0 aromatic carbocycles. The molecule has 168 valence electrons. The minimum Gasteiger partial charge on any atom is -0.480 e. The lowest BCUT2D eigenvalue weighted by atomic mass is 10.2. The third kappa shape index (κ3) is 8.41. The summed E-state index contributed by atoms with van der Waals surface area (Å²) in [6, 6.07) is 0.687. The van der Waals surface area contributed by atoms with Crippen LogP contribution in [0.4, 0.5) is 0 Å². The fourth-order valence-corrected chi connectivity index (χ4v) is 2.72. The average Bonchev–Trinajstić information content (AvgIpc) is 2.69. The Balaban J connectivity index is 0.000000225. The second kappa shape index (κ2) is 12.8. The molecule has 0 saturated carbocycles. The van der Waals surface area contributed by atoms with Crippen molar-refractivity contribution in [1.29, 1.82) is 0 Å². The van der Waals surface area contributed by atoms with Crippen molar-refractivity contribution in [3.63, 3.8) is 0 Å². The van der Waals surface area contributed by atoms with E-state index in [1.54, 1.807) is 17.1 Å². The maximum absolute atomic E-state index is 11.1. The van der Waals surface area contributed by atoms with Gasteiger partial charge < -0.3 is 14.5 Å². The maximum Gasteiger partial charge on any atom is 0.270 e. The van der Waals surface area contributed by atoms with Crippen LogP contribution in [0.2, 0.25) is 0 Å². The van der Waals surface area contributed by atoms with Crippen LogP contribution in [0.5, 0.6) is 0 Å². The molecule has 0 fully saturated rings. The first-order valence-corrected chi connectivity index (χ1v) is 10.3. The fraction of sp³-hybridized carbons (Fsp3) is 0.591.